The zero-order valence-corrected chi connectivity index (χ0v) is 8.06. The maximum Gasteiger partial charge on any atom is 0.169 e. The summed E-state index contributed by atoms with van der Waals surface area (Å²) < 4.78 is 38.6. The van der Waals surface area contributed by atoms with Gasteiger partial charge in [-0.25, -0.2) is 13.2 Å². The van der Waals surface area contributed by atoms with Crippen LogP contribution >= 0.6 is 0 Å². The molecular weight excluding hydrogens is 205 g/mol. The number of hydrogen-bond acceptors (Lipinski definition) is 1. The van der Waals surface area contributed by atoms with E-state index in [4.69, 9.17) is 0 Å². The molecule has 4 heteroatoms. The highest BCUT2D eigenvalue weighted by atomic mass is 19.2. The number of ketones is 1. The number of halogens is 3. The number of rotatable bonds is 2. The van der Waals surface area contributed by atoms with E-state index in [-0.39, 0.29) is 17.4 Å². The fourth-order valence-electron chi connectivity index (χ4n) is 1.60. The highest BCUT2D eigenvalue weighted by Crippen LogP contribution is 2.40. The van der Waals surface area contributed by atoms with Gasteiger partial charge in [-0.1, -0.05) is 6.92 Å². The van der Waals surface area contributed by atoms with Gasteiger partial charge in [0.25, 0.3) is 0 Å². The summed E-state index contributed by atoms with van der Waals surface area (Å²) in [7, 11) is 0. The summed E-state index contributed by atoms with van der Waals surface area (Å²) in [6.07, 6.45) is 0.692. The predicted molar refractivity (Wildman–Crippen MR) is 47.9 cm³/mol. The Balaban J connectivity index is 2.36. The molecule has 1 nitrogen and oxygen atoms in total. The molecule has 0 spiro atoms. The van der Waals surface area contributed by atoms with E-state index in [1.54, 1.807) is 0 Å². The second-order valence-corrected chi connectivity index (χ2v) is 3.93. The second-order valence-electron chi connectivity index (χ2n) is 3.93. The molecule has 2 unspecified atom stereocenters. The lowest BCUT2D eigenvalue weighted by Gasteiger charge is -2.02. The van der Waals surface area contributed by atoms with Gasteiger partial charge < -0.3 is 0 Å². The van der Waals surface area contributed by atoms with Crippen LogP contribution in [0.25, 0.3) is 0 Å². The van der Waals surface area contributed by atoms with Gasteiger partial charge in [-0.05, 0) is 18.4 Å². The van der Waals surface area contributed by atoms with Gasteiger partial charge in [-0.15, -0.1) is 0 Å². The van der Waals surface area contributed by atoms with Gasteiger partial charge in [0.1, 0.15) is 5.82 Å². The minimum atomic E-state index is -1.27. The molecule has 1 aliphatic carbocycles. The number of hydrogen-bond donors (Lipinski definition) is 0. The zero-order chi connectivity index (χ0) is 11.2. The largest absolute Gasteiger partial charge is 0.294 e. The summed E-state index contributed by atoms with van der Waals surface area (Å²) in [4.78, 5) is 11.6. The van der Waals surface area contributed by atoms with Crippen LogP contribution in [0.15, 0.2) is 12.1 Å². The van der Waals surface area contributed by atoms with Crippen molar-refractivity contribution in [1.82, 2.24) is 0 Å². The number of benzene rings is 1. The number of Topliss-reactive ketones (excluding diaryl/α,β-unsaturated/α-hetero) is 1. The molecule has 1 saturated carbocycles. The highest BCUT2D eigenvalue weighted by Gasteiger charge is 2.40. The number of carbonyl (C=O) groups excluding carboxylic acids is 1. The van der Waals surface area contributed by atoms with Crippen molar-refractivity contribution in [2.24, 2.45) is 11.8 Å². The summed E-state index contributed by atoms with van der Waals surface area (Å²) in [5.74, 6) is -3.90. The monoisotopic (exact) mass is 214 g/mol. The lowest BCUT2D eigenvalue weighted by atomic mass is 10.1. The Kier molecular flexibility index (Phi) is 2.29. The Morgan fingerprint density at radius 2 is 1.73 bits per heavy atom. The maximum atomic E-state index is 13.2. The summed E-state index contributed by atoms with van der Waals surface area (Å²) in [5, 5.41) is 0. The molecule has 0 radical (unpaired) electrons. The molecule has 0 saturated heterocycles. The first-order valence-corrected chi connectivity index (χ1v) is 4.69. The van der Waals surface area contributed by atoms with Crippen molar-refractivity contribution >= 4 is 5.78 Å². The molecule has 15 heavy (non-hydrogen) atoms. The molecule has 1 aliphatic rings. The smallest absolute Gasteiger partial charge is 0.169 e. The Bertz CT molecular complexity index is 428. The van der Waals surface area contributed by atoms with E-state index < -0.39 is 23.2 Å². The molecule has 0 N–H and O–H groups in total. The number of carbonyl (C=O) groups is 1. The van der Waals surface area contributed by atoms with Crippen LogP contribution in [0.1, 0.15) is 23.7 Å². The third-order valence-corrected chi connectivity index (χ3v) is 2.72. The van der Waals surface area contributed by atoms with Crippen LogP contribution < -0.4 is 0 Å². The van der Waals surface area contributed by atoms with E-state index in [0.29, 0.717) is 18.6 Å². The second kappa shape index (κ2) is 3.36. The van der Waals surface area contributed by atoms with Crippen molar-refractivity contribution in [2.45, 2.75) is 13.3 Å². The standard InChI is InChI=1S/C11H9F3O/c1-5-2-6(5)11(15)7-3-9(13)10(14)4-8(7)12/h3-6H,2H2,1H3. The van der Waals surface area contributed by atoms with E-state index in [1.807, 2.05) is 6.92 Å². The van der Waals surface area contributed by atoms with Gasteiger partial charge in [-0.2, -0.15) is 0 Å². The SMILES string of the molecule is CC1CC1C(=O)c1cc(F)c(F)cc1F. The third-order valence-electron chi connectivity index (χ3n) is 2.72. The summed E-state index contributed by atoms with van der Waals surface area (Å²) in [5.41, 5.74) is -0.344. The Labute approximate surface area is 84.9 Å². The van der Waals surface area contributed by atoms with Crippen LogP contribution in [0.2, 0.25) is 0 Å². The first kappa shape index (κ1) is 10.2. The molecular formula is C11H9F3O. The van der Waals surface area contributed by atoms with Crippen molar-refractivity contribution in [3.63, 3.8) is 0 Å². The fourth-order valence-corrected chi connectivity index (χ4v) is 1.60. The third kappa shape index (κ3) is 1.76. The van der Waals surface area contributed by atoms with Crippen LogP contribution in [-0.4, -0.2) is 5.78 Å². The van der Waals surface area contributed by atoms with Crippen LogP contribution in [0.3, 0.4) is 0 Å². The van der Waals surface area contributed by atoms with Gasteiger partial charge in [0.2, 0.25) is 0 Å². The fraction of sp³-hybridized carbons (Fsp3) is 0.364. The maximum absolute atomic E-state index is 13.2. The molecule has 80 valence electrons. The van der Waals surface area contributed by atoms with Crippen LogP contribution in [0, 0.1) is 29.3 Å². The topological polar surface area (TPSA) is 17.1 Å². The molecule has 0 aliphatic heterocycles. The molecule has 0 aromatic heterocycles. The van der Waals surface area contributed by atoms with E-state index in [9.17, 15) is 18.0 Å². The van der Waals surface area contributed by atoms with E-state index >= 15 is 0 Å². The lowest BCUT2D eigenvalue weighted by Crippen LogP contribution is -2.07. The quantitative estimate of drug-likeness (QED) is 0.546. The molecule has 0 heterocycles. The van der Waals surface area contributed by atoms with Crippen molar-refractivity contribution in [3.8, 4) is 0 Å². The Morgan fingerprint density at radius 3 is 2.27 bits per heavy atom. The summed E-state index contributed by atoms with van der Waals surface area (Å²) >= 11 is 0. The normalized spacial score (nSPS) is 24.0. The van der Waals surface area contributed by atoms with Crippen molar-refractivity contribution in [3.05, 3.63) is 35.1 Å². The van der Waals surface area contributed by atoms with Gasteiger partial charge in [0.15, 0.2) is 17.4 Å². The summed E-state index contributed by atoms with van der Waals surface area (Å²) in [6, 6.07) is 1.05. The average molecular weight is 214 g/mol. The van der Waals surface area contributed by atoms with Gasteiger partial charge >= 0.3 is 0 Å². The molecule has 2 atom stereocenters. The molecule has 1 aromatic rings. The van der Waals surface area contributed by atoms with Gasteiger partial charge in [-0.3, -0.25) is 4.79 Å². The molecule has 0 bridgehead atoms. The average Bonchev–Trinajstić information content (AvgIpc) is 2.88. The van der Waals surface area contributed by atoms with Crippen LogP contribution in [0.4, 0.5) is 13.2 Å². The molecule has 0 amide bonds. The lowest BCUT2D eigenvalue weighted by molar-refractivity contribution is 0.0957. The molecule has 2 rings (SSSR count). The molecule has 1 fully saturated rings. The predicted octanol–water partition coefficient (Wildman–Crippen LogP) is 2.94. The Morgan fingerprint density at radius 1 is 1.20 bits per heavy atom. The Hall–Kier alpha value is -1.32. The molecule has 1 aromatic carbocycles. The van der Waals surface area contributed by atoms with Crippen molar-refractivity contribution in [2.75, 3.05) is 0 Å². The van der Waals surface area contributed by atoms with Crippen LogP contribution in [-0.2, 0) is 0 Å². The zero-order valence-electron chi connectivity index (χ0n) is 8.06. The first-order chi connectivity index (χ1) is 7.00. The van der Waals surface area contributed by atoms with E-state index in [1.165, 1.54) is 0 Å². The van der Waals surface area contributed by atoms with Crippen LogP contribution in [0.5, 0.6) is 0 Å². The van der Waals surface area contributed by atoms with Crippen molar-refractivity contribution in [1.29, 1.82) is 0 Å². The highest BCUT2D eigenvalue weighted by molar-refractivity contribution is 5.99. The van der Waals surface area contributed by atoms with E-state index in [2.05, 4.69) is 0 Å². The van der Waals surface area contributed by atoms with Gasteiger partial charge in [0.05, 0.1) is 5.56 Å². The minimum absolute atomic E-state index is 0.213. The minimum Gasteiger partial charge on any atom is -0.294 e. The van der Waals surface area contributed by atoms with Gasteiger partial charge in [0, 0.05) is 12.0 Å². The van der Waals surface area contributed by atoms with E-state index in [0.717, 1.165) is 0 Å². The summed E-state index contributed by atoms with van der Waals surface area (Å²) in [6.45, 7) is 1.86. The first-order valence-electron chi connectivity index (χ1n) is 4.69. The van der Waals surface area contributed by atoms with Crippen molar-refractivity contribution < 1.29 is 18.0 Å².